The van der Waals surface area contributed by atoms with Crippen molar-refractivity contribution >= 4 is 23.4 Å². The summed E-state index contributed by atoms with van der Waals surface area (Å²) >= 11 is 5.87. The van der Waals surface area contributed by atoms with Crippen LogP contribution < -0.4 is 0 Å². The Bertz CT molecular complexity index is 731. The van der Waals surface area contributed by atoms with E-state index in [0.29, 0.717) is 17.1 Å². The molecular formula is C15H11ClN2O. The summed E-state index contributed by atoms with van der Waals surface area (Å²) in [5.41, 5.74) is 2.64. The number of benzene rings is 1. The van der Waals surface area contributed by atoms with E-state index in [1.165, 1.54) is 0 Å². The van der Waals surface area contributed by atoms with Crippen LogP contribution in [0.15, 0.2) is 48.7 Å². The Morgan fingerprint density at radius 1 is 1.16 bits per heavy atom. The molecule has 0 saturated carbocycles. The van der Waals surface area contributed by atoms with Crippen molar-refractivity contribution in [3.8, 4) is 0 Å². The summed E-state index contributed by atoms with van der Waals surface area (Å²) in [5, 5.41) is 0.713. The van der Waals surface area contributed by atoms with Crippen molar-refractivity contribution in [1.82, 2.24) is 9.38 Å². The zero-order chi connectivity index (χ0) is 13.2. The topological polar surface area (TPSA) is 34.4 Å². The minimum absolute atomic E-state index is 0.610. The van der Waals surface area contributed by atoms with Crippen LogP contribution in [0.25, 0.3) is 5.52 Å². The Morgan fingerprint density at radius 2 is 1.95 bits per heavy atom. The van der Waals surface area contributed by atoms with Crippen molar-refractivity contribution in [3.63, 3.8) is 0 Å². The molecule has 0 saturated heterocycles. The standard InChI is InChI=1S/C15H11ClN2O/c16-12-6-4-11(5-7-12)8-15-17-9-13-2-1-3-14(10-19)18(13)15/h1-7,9-10H,8H2. The first-order valence-electron chi connectivity index (χ1n) is 5.93. The number of fused-ring (bicyclic) bond motifs is 1. The summed E-state index contributed by atoms with van der Waals surface area (Å²) in [4.78, 5) is 15.5. The van der Waals surface area contributed by atoms with Crippen LogP contribution in [0, 0.1) is 0 Å². The molecule has 3 nitrogen and oxygen atoms in total. The number of pyridine rings is 1. The fraction of sp³-hybridized carbons (Fsp3) is 0.0667. The molecule has 0 bridgehead atoms. The van der Waals surface area contributed by atoms with Crippen molar-refractivity contribution in [1.29, 1.82) is 0 Å². The average Bonchev–Trinajstić information content (AvgIpc) is 2.85. The lowest BCUT2D eigenvalue weighted by Gasteiger charge is -2.04. The number of carbonyl (C=O) groups excluding carboxylic acids is 1. The molecule has 0 aliphatic carbocycles. The van der Waals surface area contributed by atoms with E-state index in [2.05, 4.69) is 4.98 Å². The molecule has 3 aromatic rings. The first kappa shape index (κ1) is 11.9. The van der Waals surface area contributed by atoms with Crippen LogP contribution in [-0.4, -0.2) is 15.7 Å². The van der Waals surface area contributed by atoms with Gasteiger partial charge in [-0.05, 0) is 29.8 Å². The molecule has 0 N–H and O–H groups in total. The zero-order valence-electron chi connectivity index (χ0n) is 10.1. The Labute approximate surface area is 115 Å². The van der Waals surface area contributed by atoms with Gasteiger partial charge in [0.2, 0.25) is 0 Å². The maximum Gasteiger partial charge on any atom is 0.166 e. The second kappa shape index (κ2) is 4.86. The zero-order valence-corrected chi connectivity index (χ0v) is 10.8. The van der Waals surface area contributed by atoms with Gasteiger partial charge in [0.25, 0.3) is 0 Å². The van der Waals surface area contributed by atoms with Crippen molar-refractivity contribution in [2.24, 2.45) is 0 Å². The molecule has 0 amide bonds. The third-order valence-corrected chi connectivity index (χ3v) is 3.30. The second-order valence-corrected chi connectivity index (χ2v) is 4.74. The normalized spacial score (nSPS) is 10.8. The highest BCUT2D eigenvalue weighted by Gasteiger charge is 2.07. The van der Waals surface area contributed by atoms with Gasteiger partial charge in [-0.25, -0.2) is 4.98 Å². The summed E-state index contributed by atoms with van der Waals surface area (Å²) in [6, 6.07) is 13.2. The smallest absolute Gasteiger partial charge is 0.166 e. The Morgan fingerprint density at radius 3 is 2.68 bits per heavy atom. The van der Waals surface area contributed by atoms with Gasteiger partial charge >= 0.3 is 0 Å². The first-order chi connectivity index (χ1) is 9.28. The number of carbonyl (C=O) groups is 1. The fourth-order valence-electron chi connectivity index (χ4n) is 2.14. The van der Waals surface area contributed by atoms with Gasteiger partial charge in [0, 0.05) is 11.4 Å². The molecule has 94 valence electrons. The third-order valence-electron chi connectivity index (χ3n) is 3.05. The second-order valence-electron chi connectivity index (χ2n) is 4.31. The molecule has 0 spiro atoms. The highest BCUT2D eigenvalue weighted by Crippen LogP contribution is 2.15. The monoisotopic (exact) mass is 270 g/mol. The molecule has 2 heterocycles. The van der Waals surface area contributed by atoms with E-state index < -0.39 is 0 Å². The number of hydrogen-bond donors (Lipinski definition) is 0. The molecule has 0 radical (unpaired) electrons. The average molecular weight is 271 g/mol. The molecule has 2 aromatic heterocycles. The van der Waals surface area contributed by atoms with Gasteiger partial charge in [-0.2, -0.15) is 0 Å². The van der Waals surface area contributed by atoms with Gasteiger partial charge in [0.05, 0.1) is 17.4 Å². The lowest BCUT2D eigenvalue weighted by Crippen LogP contribution is -2.01. The predicted molar refractivity (Wildman–Crippen MR) is 74.8 cm³/mol. The van der Waals surface area contributed by atoms with Crippen molar-refractivity contribution in [2.45, 2.75) is 6.42 Å². The van der Waals surface area contributed by atoms with E-state index in [0.717, 1.165) is 23.2 Å². The Balaban J connectivity index is 2.05. The van der Waals surface area contributed by atoms with Crippen LogP contribution in [0.4, 0.5) is 0 Å². The molecule has 0 fully saturated rings. The van der Waals surface area contributed by atoms with E-state index in [4.69, 9.17) is 11.6 Å². The van der Waals surface area contributed by atoms with Crippen LogP contribution in [-0.2, 0) is 6.42 Å². The molecule has 3 rings (SSSR count). The van der Waals surface area contributed by atoms with Gasteiger partial charge in [0.15, 0.2) is 6.29 Å². The molecule has 1 aromatic carbocycles. The highest BCUT2D eigenvalue weighted by atomic mass is 35.5. The number of rotatable bonds is 3. The highest BCUT2D eigenvalue weighted by molar-refractivity contribution is 6.30. The lowest BCUT2D eigenvalue weighted by atomic mass is 10.1. The van der Waals surface area contributed by atoms with Crippen LogP contribution in [0.3, 0.4) is 0 Å². The maximum atomic E-state index is 11.1. The maximum absolute atomic E-state index is 11.1. The van der Waals surface area contributed by atoms with Crippen LogP contribution in [0.5, 0.6) is 0 Å². The Hall–Kier alpha value is -2.13. The van der Waals surface area contributed by atoms with Crippen molar-refractivity contribution in [2.75, 3.05) is 0 Å². The van der Waals surface area contributed by atoms with Gasteiger partial charge in [-0.3, -0.25) is 9.20 Å². The largest absolute Gasteiger partial charge is 0.296 e. The van der Waals surface area contributed by atoms with Crippen molar-refractivity contribution in [3.05, 3.63) is 70.8 Å². The number of imidazole rings is 1. The van der Waals surface area contributed by atoms with Gasteiger partial charge in [0.1, 0.15) is 5.82 Å². The summed E-state index contributed by atoms with van der Waals surface area (Å²) in [6.45, 7) is 0. The molecule has 0 aliphatic rings. The van der Waals surface area contributed by atoms with Crippen LogP contribution in [0.2, 0.25) is 5.02 Å². The lowest BCUT2D eigenvalue weighted by molar-refractivity contribution is 0.111. The van der Waals surface area contributed by atoms with E-state index >= 15 is 0 Å². The molecular weight excluding hydrogens is 260 g/mol. The van der Waals surface area contributed by atoms with E-state index in [9.17, 15) is 4.79 Å². The number of aromatic nitrogens is 2. The van der Waals surface area contributed by atoms with Crippen LogP contribution in [0.1, 0.15) is 21.9 Å². The SMILES string of the molecule is O=Cc1cccc2cnc(Cc3ccc(Cl)cc3)n12. The summed E-state index contributed by atoms with van der Waals surface area (Å²) in [5.74, 6) is 0.847. The number of halogens is 1. The minimum Gasteiger partial charge on any atom is -0.296 e. The van der Waals surface area contributed by atoms with E-state index in [1.807, 2.05) is 40.8 Å². The quantitative estimate of drug-likeness (QED) is 0.684. The predicted octanol–water partition coefficient (Wildman–Crippen LogP) is 3.39. The van der Waals surface area contributed by atoms with E-state index in [-0.39, 0.29) is 0 Å². The number of aldehydes is 1. The molecule has 19 heavy (non-hydrogen) atoms. The fourth-order valence-corrected chi connectivity index (χ4v) is 2.27. The van der Waals surface area contributed by atoms with Gasteiger partial charge in [-0.1, -0.05) is 29.8 Å². The molecule has 0 unspecified atom stereocenters. The molecule has 0 aliphatic heterocycles. The number of nitrogens with zero attached hydrogens (tertiary/aromatic N) is 2. The summed E-state index contributed by atoms with van der Waals surface area (Å²) in [7, 11) is 0. The first-order valence-corrected chi connectivity index (χ1v) is 6.31. The summed E-state index contributed by atoms with van der Waals surface area (Å²) < 4.78 is 1.88. The summed E-state index contributed by atoms with van der Waals surface area (Å²) in [6.07, 6.45) is 3.29. The van der Waals surface area contributed by atoms with Crippen LogP contribution >= 0.6 is 11.6 Å². The number of hydrogen-bond acceptors (Lipinski definition) is 2. The van der Waals surface area contributed by atoms with Crippen molar-refractivity contribution < 1.29 is 4.79 Å². The molecule has 4 heteroatoms. The minimum atomic E-state index is 0.610. The van der Waals surface area contributed by atoms with E-state index in [1.54, 1.807) is 12.3 Å². The van der Waals surface area contributed by atoms with Gasteiger partial charge < -0.3 is 0 Å². The van der Waals surface area contributed by atoms with Gasteiger partial charge in [-0.15, -0.1) is 0 Å². The molecule has 0 atom stereocenters. The Kier molecular flexibility index (Phi) is 3.05. The third kappa shape index (κ3) is 2.25.